The van der Waals surface area contributed by atoms with Gasteiger partial charge in [0, 0.05) is 17.8 Å². The molecule has 0 aromatic carbocycles. The largest absolute Gasteiger partial charge is 0.484 e. The summed E-state index contributed by atoms with van der Waals surface area (Å²) in [4.78, 5) is 23.3. The summed E-state index contributed by atoms with van der Waals surface area (Å²) < 4.78 is 35.7. The van der Waals surface area contributed by atoms with Gasteiger partial charge in [-0.1, -0.05) is 0 Å². The van der Waals surface area contributed by atoms with Gasteiger partial charge < -0.3 is 20.5 Å². The minimum Gasteiger partial charge on any atom is -0.484 e. The summed E-state index contributed by atoms with van der Waals surface area (Å²) in [5, 5.41) is 2.59. The molecular weight excluding hydrogens is 312 g/mol. The highest BCUT2D eigenvalue weighted by Gasteiger charge is 2.18. The van der Waals surface area contributed by atoms with Crippen LogP contribution in [0.15, 0.2) is 17.1 Å². The van der Waals surface area contributed by atoms with E-state index in [9.17, 15) is 18.4 Å². The van der Waals surface area contributed by atoms with Gasteiger partial charge in [0.25, 0.3) is 5.56 Å². The molecule has 9 heteroatoms. The number of amides is 1. The van der Waals surface area contributed by atoms with Crippen LogP contribution in [0.2, 0.25) is 0 Å². The van der Waals surface area contributed by atoms with E-state index in [1.807, 2.05) is 0 Å². The number of carbonyl (C=O) groups excluding carboxylic acids is 1. The molecule has 1 amide bonds. The van der Waals surface area contributed by atoms with Gasteiger partial charge in [-0.3, -0.25) is 9.36 Å². The van der Waals surface area contributed by atoms with E-state index < -0.39 is 29.8 Å². The number of ether oxygens (including phenoxy) is 2. The van der Waals surface area contributed by atoms with Crippen molar-refractivity contribution in [3.63, 3.8) is 0 Å². The van der Waals surface area contributed by atoms with Crippen LogP contribution in [-0.2, 0) is 4.74 Å². The summed E-state index contributed by atoms with van der Waals surface area (Å²) >= 11 is 0. The van der Waals surface area contributed by atoms with E-state index in [4.69, 9.17) is 15.2 Å². The minimum absolute atomic E-state index is 0.0426. The van der Waals surface area contributed by atoms with Crippen LogP contribution < -0.4 is 21.3 Å². The summed E-state index contributed by atoms with van der Waals surface area (Å²) in [6.07, 6.45) is -0.513. The number of hydrogen-bond acceptors (Lipinski definition) is 5. The van der Waals surface area contributed by atoms with Crippen molar-refractivity contribution >= 4 is 11.8 Å². The first-order valence-corrected chi connectivity index (χ1v) is 6.91. The van der Waals surface area contributed by atoms with Crippen molar-refractivity contribution in [3.05, 3.63) is 22.6 Å². The summed E-state index contributed by atoms with van der Waals surface area (Å²) in [6, 6.07) is 1.14. The fourth-order valence-corrected chi connectivity index (χ4v) is 1.60. The van der Waals surface area contributed by atoms with Gasteiger partial charge in [0.15, 0.2) is 5.75 Å². The number of anilines is 1. The average Bonchev–Trinajstić information content (AvgIpc) is 2.36. The van der Waals surface area contributed by atoms with E-state index in [2.05, 4.69) is 5.32 Å². The third-order valence-electron chi connectivity index (χ3n) is 2.50. The van der Waals surface area contributed by atoms with E-state index in [0.29, 0.717) is 0 Å². The summed E-state index contributed by atoms with van der Waals surface area (Å²) in [5.74, 6) is -0.336. The maximum absolute atomic E-state index is 12.7. The van der Waals surface area contributed by atoms with Crippen molar-refractivity contribution in [2.75, 3.05) is 12.3 Å². The van der Waals surface area contributed by atoms with Gasteiger partial charge >= 0.3 is 12.6 Å². The molecule has 7 nitrogen and oxygen atoms in total. The third-order valence-corrected chi connectivity index (χ3v) is 2.50. The van der Waals surface area contributed by atoms with Crippen molar-refractivity contribution in [1.82, 2.24) is 9.88 Å². The van der Waals surface area contributed by atoms with Crippen LogP contribution in [-0.4, -0.2) is 28.9 Å². The molecule has 0 bridgehead atoms. The van der Waals surface area contributed by atoms with Crippen LogP contribution >= 0.6 is 0 Å². The Hall–Kier alpha value is -2.32. The second-order valence-electron chi connectivity index (χ2n) is 6.03. The summed E-state index contributed by atoms with van der Waals surface area (Å²) in [6.45, 7) is 3.69. The Kier molecular flexibility index (Phi) is 5.94. The number of pyridine rings is 1. The van der Waals surface area contributed by atoms with Gasteiger partial charge in [-0.25, -0.2) is 4.79 Å². The van der Waals surface area contributed by atoms with Crippen LogP contribution in [0.1, 0.15) is 34.2 Å². The predicted octanol–water partition coefficient (Wildman–Crippen LogP) is 2.12. The van der Waals surface area contributed by atoms with Crippen LogP contribution in [0, 0.1) is 0 Å². The Labute approximate surface area is 132 Å². The highest BCUT2D eigenvalue weighted by atomic mass is 19.3. The van der Waals surface area contributed by atoms with E-state index in [1.165, 1.54) is 0 Å². The Morgan fingerprint density at radius 2 is 2.04 bits per heavy atom. The first-order chi connectivity index (χ1) is 10.5. The Bertz CT molecular complexity index is 611. The molecule has 0 unspecified atom stereocenters. The van der Waals surface area contributed by atoms with Crippen LogP contribution in [0.4, 0.5) is 19.3 Å². The lowest BCUT2D eigenvalue weighted by atomic mass is 10.1. The second kappa shape index (κ2) is 7.30. The topological polar surface area (TPSA) is 95.6 Å². The van der Waals surface area contributed by atoms with Gasteiger partial charge in [0.1, 0.15) is 12.7 Å². The molecule has 0 aliphatic rings. The molecule has 23 heavy (non-hydrogen) atoms. The smallest absolute Gasteiger partial charge is 0.407 e. The van der Waals surface area contributed by atoms with Crippen LogP contribution in [0.25, 0.3) is 0 Å². The number of alkyl carbamates (subject to hydrolysis) is 1. The maximum atomic E-state index is 12.7. The second-order valence-corrected chi connectivity index (χ2v) is 6.03. The number of alkyl halides is 2. The fraction of sp³-hybridized carbons (Fsp3) is 0.571. The molecule has 0 aliphatic carbocycles. The van der Waals surface area contributed by atoms with Crippen molar-refractivity contribution in [1.29, 1.82) is 0 Å². The molecule has 1 atom stereocenters. The van der Waals surface area contributed by atoms with E-state index in [1.54, 1.807) is 27.7 Å². The molecule has 3 N–H and O–H groups in total. The number of nitrogen functional groups attached to an aromatic ring is 1. The van der Waals surface area contributed by atoms with Gasteiger partial charge in [-0.15, -0.1) is 0 Å². The standard InChI is InChI=1S/C14H21F2N3O4/c1-8(23-13(21)18-14(2,3)4)7-22-10-5-9(17)6-19(11(10)20)12(15)16/h5-6,8,12H,7,17H2,1-4H3,(H,18,21)/t8-/m1/s1. The molecular formula is C14H21F2N3O4. The molecule has 1 rings (SSSR count). The maximum Gasteiger partial charge on any atom is 0.407 e. The highest BCUT2D eigenvalue weighted by Crippen LogP contribution is 2.15. The lowest BCUT2D eigenvalue weighted by molar-refractivity contribution is 0.0606. The molecule has 1 heterocycles. The monoisotopic (exact) mass is 333 g/mol. The van der Waals surface area contributed by atoms with Gasteiger partial charge in [0.05, 0.1) is 5.69 Å². The van der Waals surface area contributed by atoms with Gasteiger partial charge in [-0.2, -0.15) is 8.78 Å². The van der Waals surface area contributed by atoms with Crippen molar-refractivity contribution in [2.45, 2.75) is 45.9 Å². The zero-order valence-corrected chi connectivity index (χ0v) is 13.4. The molecule has 0 fully saturated rings. The number of nitrogens with two attached hydrogens (primary N) is 1. The van der Waals surface area contributed by atoms with Crippen LogP contribution in [0.5, 0.6) is 5.75 Å². The number of halogens is 2. The normalized spacial score (nSPS) is 12.8. The Morgan fingerprint density at radius 1 is 1.43 bits per heavy atom. The number of nitrogens with one attached hydrogen (secondary N) is 1. The summed E-state index contributed by atoms with van der Waals surface area (Å²) in [7, 11) is 0. The molecule has 0 saturated heterocycles. The quantitative estimate of drug-likeness (QED) is 0.860. The minimum atomic E-state index is -3.03. The molecule has 1 aromatic rings. The van der Waals surface area contributed by atoms with Crippen molar-refractivity contribution < 1.29 is 23.0 Å². The predicted molar refractivity (Wildman–Crippen MR) is 80.7 cm³/mol. The SMILES string of the molecule is C[C@H](COc1cc(N)cn(C(F)F)c1=O)OC(=O)NC(C)(C)C. The van der Waals surface area contributed by atoms with E-state index >= 15 is 0 Å². The van der Waals surface area contributed by atoms with Crippen molar-refractivity contribution in [3.8, 4) is 5.75 Å². The van der Waals surface area contributed by atoms with E-state index in [0.717, 1.165) is 12.3 Å². The Balaban J connectivity index is 2.68. The lowest BCUT2D eigenvalue weighted by Gasteiger charge is -2.22. The fourth-order valence-electron chi connectivity index (χ4n) is 1.60. The highest BCUT2D eigenvalue weighted by molar-refractivity contribution is 5.68. The Morgan fingerprint density at radius 3 is 2.57 bits per heavy atom. The number of carbonyl (C=O) groups is 1. The average molecular weight is 333 g/mol. The molecule has 0 spiro atoms. The first-order valence-electron chi connectivity index (χ1n) is 6.91. The number of nitrogens with zero attached hydrogens (tertiary/aromatic N) is 1. The third kappa shape index (κ3) is 6.13. The van der Waals surface area contributed by atoms with Gasteiger partial charge in [0.2, 0.25) is 0 Å². The number of hydrogen-bond donors (Lipinski definition) is 2. The van der Waals surface area contributed by atoms with Gasteiger partial charge in [-0.05, 0) is 27.7 Å². The first kappa shape index (κ1) is 18.7. The lowest BCUT2D eigenvalue weighted by Crippen LogP contribution is -2.42. The van der Waals surface area contributed by atoms with Crippen molar-refractivity contribution in [2.24, 2.45) is 0 Å². The molecule has 0 radical (unpaired) electrons. The summed E-state index contributed by atoms with van der Waals surface area (Å²) in [5.41, 5.74) is 3.94. The zero-order chi connectivity index (χ0) is 17.8. The van der Waals surface area contributed by atoms with E-state index in [-0.39, 0.29) is 22.6 Å². The molecule has 0 aliphatic heterocycles. The molecule has 0 saturated carbocycles. The molecule has 130 valence electrons. The molecule has 1 aromatic heterocycles. The number of rotatable bonds is 5. The zero-order valence-electron chi connectivity index (χ0n) is 13.4. The number of aromatic nitrogens is 1. The van der Waals surface area contributed by atoms with Crippen LogP contribution in [0.3, 0.4) is 0 Å².